The second kappa shape index (κ2) is 7.55. The predicted octanol–water partition coefficient (Wildman–Crippen LogP) is 0.771. The number of benzene rings is 1. The van der Waals surface area contributed by atoms with Crippen molar-refractivity contribution in [2.45, 2.75) is 19.1 Å². The van der Waals surface area contributed by atoms with Crippen LogP contribution in [0.2, 0.25) is 0 Å². The number of sulfone groups is 1. The molecule has 1 heterocycles. The Labute approximate surface area is 133 Å². The molecule has 6 heteroatoms. The Hall–Kier alpha value is -0.950. The fourth-order valence-electron chi connectivity index (χ4n) is 2.84. The number of piperazine rings is 1. The molecule has 1 aliphatic heterocycles. The molecule has 0 unspecified atom stereocenters. The first kappa shape index (κ1) is 17.4. The molecule has 1 aromatic carbocycles. The highest BCUT2D eigenvalue weighted by Crippen LogP contribution is 2.17. The molecule has 0 amide bonds. The van der Waals surface area contributed by atoms with Crippen molar-refractivity contribution in [1.82, 2.24) is 9.80 Å². The smallest absolute Gasteiger partial charge is 0.148 e. The lowest BCUT2D eigenvalue weighted by Gasteiger charge is -2.40. The van der Waals surface area contributed by atoms with Crippen LogP contribution in [0, 0.1) is 0 Å². The van der Waals surface area contributed by atoms with E-state index in [-0.39, 0.29) is 5.75 Å². The van der Waals surface area contributed by atoms with Gasteiger partial charge in [-0.2, -0.15) is 0 Å². The maximum absolute atomic E-state index is 11.3. The zero-order chi connectivity index (χ0) is 16.2. The fraction of sp³-hybridized carbons (Fsp3) is 0.625. The van der Waals surface area contributed by atoms with Crippen molar-refractivity contribution in [3.8, 4) is 0 Å². The molecule has 0 saturated carbocycles. The lowest BCUT2D eigenvalue weighted by molar-refractivity contribution is 0.0410. The van der Waals surface area contributed by atoms with Crippen molar-refractivity contribution in [2.75, 3.05) is 44.7 Å². The lowest BCUT2D eigenvalue weighted by atomic mass is 10.1. The Morgan fingerprint density at radius 1 is 1.27 bits per heavy atom. The molecule has 22 heavy (non-hydrogen) atoms. The van der Waals surface area contributed by atoms with E-state index in [0.717, 1.165) is 25.2 Å². The molecule has 0 radical (unpaired) electrons. The van der Waals surface area contributed by atoms with Crippen LogP contribution in [-0.4, -0.2) is 74.1 Å². The highest BCUT2D eigenvalue weighted by Gasteiger charge is 2.25. The minimum Gasteiger partial charge on any atom is -0.387 e. The Morgan fingerprint density at radius 3 is 2.55 bits per heavy atom. The van der Waals surface area contributed by atoms with Crippen LogP contribution in [0.3, 0.4) is 0 Å². The number of nitrogens with zero attached hydrogens (tertiary/aromatic N) is 2. The number of rotatable bonds is 6. The topological polar surface area (TPSA) is 60.9 Å². The lowest BCUT2D eigenvalue weighted by Crippen LogP contribution is -2.53. The number of hydrogen-bond donors (Lipinski definition) is 1. The molecular formula is C16H26N2O3S. The summed E-state index contributed by atoms with van der Waals surface area (Å²) in [5, 5.41) is 10.3. The Bertz CT molecular complexity index is 562. The van der Waals surface area contributed by atoms with Crippen LogP contribution >= 0.6 is 0 Å². The van der Waals surface area contributed by atoms with Gasteiger partial charge < -0.3 is 5.11 Å². The molecule has 1 aromatic rings. The normalized spacial score (nSPS) is 22.6. The van der Waals surface area contributed by atoms with Gasteiger partial charge in [0.2, 0.25) is 0 Å². The average molecular weight is 326 g/mol. The van der Waals surface area contributed by atoms with E-state index in [2.05, 4.69) is 16.7 Å². The Morgan fingerprint density at radius 2 is 1.95 bits per heavy atom. The van der Waals surface area contributed by atoms with Crippen LogP contribution in [0.5, 0.6) is 0 Å². The second-order valence-corrected chi connectivity index (χ2v) is 8.46. The molecule has 0 aliphatic carbocycles. The molecular weight excluding hydrogens is 300 g/mol. The van der Waals surface area contributed by atoms with Gasteiger partial charge in [-0.1, -0.05) is 30.3 Å². The van der Waals surface area contributed by atoms with Crippen LogP contribution in [0.1, 0.15) is 18.6 Å². The average Bonchev–Trinajstić information content (AvgIpc) is 2.47. The van der Waals surface area contributed by atoms with Gasteiger partial charge in [0, 0.05) is 45.0 Å². The molecule has 2 atom stereocenters. The number of aliphatic hydroxyl groups is 1. The van der Waals surface area contributed by atoms with Gasteiger partial charge in [-0.15, -0.1) is 0 Å². The molecule has 0 spiro atoms. The summed E-state index contributed by atoms with van der Waals surface area (Å²) in [6.45, 7) is 5.89. The summed E-state index contributed by atoms with van der Waals surface area (Å²) >= 11 is 0. The summed E-state index contributed by atoms with van der Waals surface area (Å²) in [5.74, 6) is 0.215. The van der Waals surface area contributed by atoms with Gasteiger partial charge in [0.15, 0.2) is 0 Å². The zero-order valence-corrected chi connectivity index (χ0v) is 14.2. The SMILES string of the molecule is C[C@@H]1CN(CCS(C)(=O)=O)CCN1C[C@H](O)c1ccccc1. The minimum atomic E-state index is -2.90. The van der Waals surface area contributed by atoms with Crippen LogP contribution in [0.4, 0.5) is 0 Å². The molecule has 124 valence electrons. The predicted molar refractivity (Wildman–Crippen MR) is 88.6 cm³/mol. The van der Waals surface area contributed by atoms with E-state index in [1.54, 1.807) is 0 Å². The maximum atomic E-state index is 11.3. The number of aliphatic hydroxyl groups excluding tert-OH is 1. The van der Waals surface area contributed by atoms with Crippen molar-refractivity contribution in [3.05, 3.63) is 35.9 Å². The third-order valence-corrected chi connectivity index (χ3v) is 5.14. The number of hydrogen-bond acceptors (Lipinski definition) is 5. The maximum Gasteiger partial charge on any atom is 0.148 e. The van der Waals surface area contributed by atoms with Crippen molar-refractivity contribution in [3.63, 3.8) is 0 Å². The minimum absolute atomic E-state index is 0.215. The van der Waals surface area contributed by atoms with E-state index >= 15 is 0 Å². The molecule has 0 bridgehead atoms. The van der Waals surface area contributed by atoms with Gasteiger partial charge in [-0.25, -0.2) is 8.42 Å². The van der Waals surface area contributed by atoms with Crippen LogP contribution in [-0.2, 0) is 9.84 Å². The van der Waals surface area contributed by atoms with Gasteiger partial charge in [0.05, 0.1) is 11.9 Å². The zero-order valence-electron chi connectivity index (χ0n) is 13.4. The van der Waals surface area contributed by atoms with Gasteiger partial charge >= 0.3 is 0 Å². The van der Waals surface area contributed by atoms with Gasteiger partial charge in [0.25, 0.3) is 0 Å². The summed E-state index contributed by atoms with van der Waals surface area (Å²) in [4.78, 5) is 4.46. The molecule has 0 aromatic heterocycles. The first-order chi connectivity index (χ1) is 10.3. The summed E-state index contributed by atoms with van der Waals surface area (Å²) < 4.78 is 22.5. The molecule has 2 rings (SSSR count). The standard InChI is InChI=1S/C16H26N2O3S/c1-14-12-17(10-11-22(2,20)21)8-9-18(14)13-16(19)15-6-4-3-5-7-15/h3-7,14,16,19H,8-13H2,1-2H3/t14-,16+/m1/s1. The van der Waals surface area contributed by atoms with Gasteiger partial charge in [0.1, 0.15) is 9.84 Å². The molecule has 1 N–H and O–H groups in total. The molecule has 5 nitrogen and oxygen atoms in total. The van der Waals surface area contributed by atoms with Crippen LogP contribution < -0.4 is 0 Å². The quantitative estimate of drug-likeness (QED) is 0.837. The highest BCUT2D eigenvalue weighted by atomic mass is 32.2. The molecule has 1 fully saturated rings. The van der Waals surface area contributed by atoms with E-state index in [9.17, 15) is 13.5 Å². The van der Waals surface area contributed by atoms with Crippen LogP contribution in [0.15, 0.2) is 30.3 Å². The molecule has 1 aliphatic rings. The largest absolute Gasteiger partial charge is 0.387 e. The van der Waals surface area contributed by atoms with Gasteiger partial charge in [-0.3, -0.25) is 9.80 Å². The number of β-amino-alcohol motifs (C(OH)–C–C–N with tert-alkyl or cyclic N) is 1. The monoisotopic (exact) mass is 326 g/mol. The van der Waals surface area contributed by atoms with Gasteiger partial charge in [-0.05, 0) is 12.5 Å². The summed E-state index contributed by atoms with van der Waals surface area (Å²) in [5.41, 5.74) is 0.939. The highest BCUT2D eigenvalue weighted by molar-refractivity contribution is 7.90. The van der Waals surface area contributed by atoms with Crippen molar-refractivity contribution in [2.24, 2.45) is 0 Å². The van der Waals surface area contributed by atoms with E-state index in [4.69, 9.17) is 0 Å². The molecule has 1 saturated heterocycles. The van der Waals surface area contributed by atoms with E-state index in [1.807, 2.05) is 30.3 Å². The summed E-state index contributed by atoms with van der Waals surface area (Å²) in [6, 6.07) is 10.0. The van der Waals surface area contributed by atoms with E-state index in [0.29, 0.717) is 19.1 Å². The third kappa shape index (κ3) is 5.35. The van der Waals surface area contributed by atoms with E-state index in [1.165, 1.54) is 6.26 Å². The van der Waals surface area contributed by atoms with Crippen molar-refractivity contribution >= 4 is 9.84 Å². The summed E-state index contributed by atoms with van der Waals surface area (Å²) in [6.07, 6.45) is 0.800. The summed E-state index contributed by atoms with van der Waals surface area (Å²) in [7, 11) is -2.90. The van der Waals surface area contributed by atoms with E-state index < -0.39 is 15.9 Å². The second-order valence-electron chi connectivity index (χ2n) is 6.20. The van der Waals surface area contributed by atoms with Crippen LogP contribution in [0.25, 0.3) is 0 Å². The van der Waals surface area contributed by atoms with Crippen molar-refractivity contribution in [1.29, 1.82) is 0 Å². The van der Waals surface area contributed by atoms with Crippen molar-refractivity contribution < 1.29 is 13.5 Å². The third-order valence-electron chi connectivity index (χ3n) is 4.22. The fourth-order valence-corrected chi connectivity index (χ4v) is 3.43. The first-order valence-electron chi connectivity index (χ1n) is 7.72. The Kier molecular flexibility index (Phi) is 5.97. The Balaban J connectivity index is 1.83. The first-order valence-corrected chi connectivity index (χ1v) is 9.78.